The fourth-order valence-corrected chi connectivity index (χ4v) is 1.54. The number of ether oxygens (including phenoxy) is 1. The van der Waals surface area contributed by atoms with Gasteiger partial charge in [-0.3, -0.25) is 4.79 Å². The highest BCUT2D eigenvalue weighted by atomic mass is 35.5. The van der Waals surface area contributed by atoms with E-state index >= 15 is 0 Å². The van der Waals surface area contributed by atoms with Gasteiger partial charge in [0.05, 0.1) is 18.9 Å². The van der Waals surface area contributed by atoms with Crippen molar-refractivity contribution in [2.75, 3.05) is 20.2 Å². The average Bonchev–Trinajstić information content (AvgIpc) is 2.15. The summed E-state index contributed by atoms with van der Waals surface area (Å²) in [5.41, 5.74) is 0. The van der Waals surface area contributed by atoms with Gasteiger partial charge in [0, 0.05) is 13.1 Å². The molecule has 2 atom stereocenters. The molecule has 0 unspecified atom stereocenters. The first-order valence-corrected chi connectivity index (χ1v) is 4.30. The number of carbonyl (C=O) groups excluding carboxylic acids is 1. The van der Waals surface area contributed by atoms with Gasteiger partial charge in [-0.25, -0.2) is 0 Å². The Morgan fingerprint density at radius 2 is 2.00 bits per heavy atom. The molecule has 0 spiro atoms. The van der Waals surface area contributed by atoms with Crippen molar-refractivity contribution in [3.05, 3.63) is 0 Å². The third-order valence-electron chi connectivity index (χ3n) is 2.35. The van der Waals surface area contributed by atoms with Crippen LogP contribution < -0.4 is 5.32 Å². The zero-order valence-electron chi connectivity index (χ0n) is 8.13. The number of piperidine rings is 1. The van der Waals surface area contributed by atoms with Gasteiger partial charge in [-0.15, -0.1) is 12.4 Å². The lowest BCUT2D eigenvalue weighted by molar-refractivity contribution is -0.184. The minimum absolute atomic E-state index is 0. The van der Waals surface area contributed by atoms with Gasteiger partial charge in [0.15, 0.2) is 0 Å². The monoisotopic (exact) mass is 247 g/mol. The van der Waals surface area contributed by atoms with Gasteiger partial charge in [0.1, 0.15) is 0 Å². The van der Waals surface area contributed by atoms with E-state index in [-0.39, 0.29) is 31.9 Å². The number of nitrogens with one attached hydrogen (secondary N) is 1. The number of hydrogen-bond donors (Lipinski definition) is 1. The highest BCUT2D eigenvalue weighted by Gasteiger charge is 2.43. The lowest BCUT2D eigenvalue weighted by Gasteiger charge is -2.29. The van der Waals surface area contributed by atoms with Crippen LogP contribution in [-0.4, -0.2) is 32.3 Å². The first-order valence-electron chi connectivity index (χ1n) is 4.30. The second-order valence-corrected chi connectivity index (χ2v) is 3.35. The van der Waals surface area contributed by atoms with Gasteiger partial charge in [-0.05, 0) is 6.42 Å². The summed E-state index contributed by atoms with van der Waals surface area (Å²) in [4.78, 5) is 11.0. The predicted octanol–water partition coefficient (Wildman–Crippen LogP) is 1.37. The maximum absolute atomic E-state index is 12.3. The maximum Gasteiger partial charge on any atom is 0.393 e. The first-order chi connectivity index (χ1) is 6.45. The summed E-state index contributed by atoms with van der Waals surface area (Å²) in [5, 5.41) is 2.59. The van der Waals surface area contributed by atoms with Crippen molar-refractivity contribution in [2.24, 2.45) is 11.8 Å². The molecule has 1 aliphatic heterocycles. The Morgan fingerprint density at radius 1 is 1.40 bits per heavy atom. The van der Waals surface area contributed by atoms with Crippen LogP contribution in [-0.2, 0) is 9.53 Å². The molecule has 0 saturated carbocycles. The highest BCUT2D eigenvalue weighted by Crippen LogP contribution is 2.32. The predicted molar refractivity (Wildman–Crippen MR) is 49.8 cm³/mol. The summed E-state index contributed by atoms with van der Waals surface area (Å²) in [5.74, 6) is -2.70. The maximum atomic E-state index is 12.3. The van der Waals surface area contributed by atoms with E-state index in [4.69, 9.17) is 0 Å². The first kappa shape index (κ1) is 14.5. The van der Waals surface area contributed by atoms with Gasteiger partial charge in [-0.2, -0.15) is 13.2 Å². The number of rotatable bonds is 1. The molecular weight excluding hydrogens is 235 g/mol. The molecule has 0 aliphatic carbocycles. The summed E-state index contributed by atoms with van der Waals surface area (Å²) < 4.78 is 41.3. The topological polar surface area (TPSA) is 38.3 Å². The summed E-state index contributed by atoms with van der Waals surface area (Å²) >= 11 is 0. The minimum Gasteiger partial charge on any atom is -0.469 e. The van der Waals surface area contributed by atoms with E-state index in [2.05, 4.69) is 10.1 Å². The van der Waals surface area contributed by atoms with Crippen LogP contribution in [0.5, 0.6) is 0 Å². The van der Waals surface area contributed by atoms with E-state index in [1.807, 2.05) is 0 Å². The molecule has 0 amide bonds. The van der Waals surface area contributed by atoms with E-state index in [0.29, 0.717) is 0 Å². The molecule has 0 aromatic carbocycles. The molecule has 0 aromatic heterocycles. The van der Waals surface area contributed by atoms with Crippen molar-refractivity contribution in [1.29, 1.82) is 0 Å². The Hall–Kier alpha value is -0.490. The summed E-state index contributed by atoms with van der Waals surface area (Å²) in [6.07, 6.45) is -4.41. The van der Waals surface area contributed by atoms with Crippen LogP contribution in [0.15, 0.2) is 0 Å². The second-order valence-electron chi connectivity index (χ2n) is 3.35. The van der Waals surface area contributed by atoms with Crippen molar-refractivity contribution in [1.82, 2.24) is 5.32 Å². The molecule has 1 rings (SSSR count). The molecular formula is C8H13ClF3NO2. The summed E-state index contributed by atoms with van der Waals surface area (Å²) in [6, 6.07) is 0. The molecule has 1 aliphatic rings. The fraction of sp³-hybridized carbons (Fsp3) is 0.875. The third-order valence-corrected chi connectivity index (χ3v) is 2.35. The molecule has 1 fully saturated rings. The molecule has 3 nitrogen and oxygen atoms in total. The van der Waals surface area contributed by atoms with Crippen LogP contribution in [0.25, 0.3) is 0 Å². The normalized spacial score (nSPS) is 26.7. The largest absolute Gasteiger partial charge is 0.469 e. The molecule has 1 N–H and O–H groups in total. The summed E-state index contributed by atoms with van der Waals surface area (Å²) in [7, 11) is 1.18. The van der Waals surface area contributed by atoms with Gasteiger partial charge in [0.25, 0.3) is 0 Å². The number of methoxy groups -OCH3 is 1. The molecule has 90 valence electrons. The SMILES string of the molecule is COC(=O)[C@@H]1CNC[C@@H](C(F)(F)F)C1.Cl. The molecule has 0 bridgehead atoms. The van der Waals surface area contributed by atoms with Gasteiger partial charge < -0.3 is 10.1 Å². The minimum atomic E-state index is -4.24. The van der Waals surface area contributed by atoms with Crippen molar-refractivity contribution in [3.8, 4) is 0 Å². The number of esters is 1. The van der Waals surface area contributed by atoms with Crippen LogP contribution in [0.4, 0.5) is 13.2 Å². The smallest absolute Gasteiger partial charge is 0.393 e. The Balaban J connectivity index is 0.00000196. The Morgan fingerprint density at radius 3 is 2.47 bits per heavy atom. The fourth-order valence-electron chi connectivity index (χ4n) is 1.54. The second kappa shape index (κ2) is 5.55. The number of alkyl halides is 3. The lowest BCUT2D eigenvalue weighted by Crippen LogP contribution is -2.45. The van der Waals surface area contributed by atoms with Crippen LogP contribution in [0, 0.1) is 11.8 Å². The molecule has 0 aromatic rings. The Kier molecular flexibility index (Phi) is 5.37. The number of hydrogen-bond acceptors (Lipinski definition) is 3. The van der Waals surface area contributed by atoms with E-state index in [0.717, 1.165) is 0 Å². The van der Waals surface area contributed by atoms with Gasteiger partial charge in [-0.1, -0.05) is 0 Å². The standard InChI is InChI=1S/C8H12F3NO2.ClH/c1-14-7(13)5-2-6(4-12-3-5)8(9,10)11;/h5-6,12H,2-4H2,1H3;1H/t5-,6-;/m0./s1. The van der Waals surface area contributed by atoms with Crippen molar-refractivity contribution in [3.63, 3.8) is 0 Å². The Bertz CT molecular complexity index is 222. The van der Waals surface area contributed by atoms with Crippen LogP contribution in [0.2, 0.25) is 0 Å². The van der Waals surface area contributed by atoms with Crippen molar-refractivity contribution >= 4 is 18.4 Å². The molecule has 1 saturated heterocycles. The van der Waals surface area contributed by atoms with Crippen LogP contribution in [0.1, 0.15) is 6.42 Å². The third kappa shape index (κ3) is 3.87. The molecule has 0 radical (unpaired) electrons. The molecule has 7 heteroatoms. The average molecular weight is 248 g/mol. The van der Waals surface area contributed by atoms with Crippen LogP contribution >= 0.6 is 12.4 Å². The number of carbonyl (C=O) groups is 1. The van der Waals surface area contributed by atoms with E-state index in [9.17, 15) is 18.0 Å². The van der Waals surface area contributed by atoms with Crippen LogP contribution in [0.3, 0.4) is 0 Å². The highest BCUT2D eigenvalue weighted by molar-refractivity contribution is 5.85. The summed E-state index contributed by atoms with van der Waals surface area (Å²) in [6.45, 7) is 0.149. The lowest BCUT2D eigenvalue weighted by atomic mass is 9.90. The van der Waals surface area contributed by atoms with E-state index < -0.39 is 24.0 Å². The van der Waals surface area contributed by atoms with Gasteiger partial charge in [0.2, 0.25) is 0 Å². The zero-order chi connectivity index (χ0) is 10.8. The zero-order valence-corrected chi connectivity index (χ0v) is 8.95. The van der Waals surface area contributed by atoms with Crippen molar-refractivity contribution < 1.29 is 22.7 Å². The number of halogens is 4. The Labute approximate surface area is 91.8 Å². The van der Waals surface area contributed by atoms with Crippen molar-refractivity contribution in [2.45, 2.75) is 12.6 Å². The van der Waals surface area contributed by atoms with E-state index in [1.54, 1.807) is 0 Å². The molecule has 15 heavy (non-hydrogen) atoms. The van der Waals surface area contributed by atoms with Gasteiger partial charge >= 0.3 is 12.1 Å². The van der Waals surface area contributed by atoms with E-state index in [1.165, 1.54) is 7.11 Å². The quantitative estimate of drug-likeness (QED) is 0.712. The molecule has 1 heterocycles.